The number of hydrogen-bond acceptors (Lipinski definition) is 7. The molecule has 0 saturated carbocycles. The number of aryl methyl sites for hydroxylation is 1. The Balaban J connectivity index is 1.80. The van der Waals surface area contributed by atoms with E-state index in [0.717, 1.165) is 17.0 Å². The lowest BCUT2D eigenvalue weighted by Crippen LogP contribution is -2.06. The van der Waals surface area contributed by atoms with Gasteiger partial charge in [0.1, 0.15) is 23.6 Å². The van der Waals surface area contributed by atoms with Crippen LogP contribution in [0, 0.1) is 6.92 Å². The van der Waals surface area contributed by atoms with E-state index in [1.165, 1.54) is 6.33 Å². The molecule has 0 aliphatic heterocycles. The van der Waals surface area contributed by atoms with Crippen molar-refractivity contribution in [3.05, 3.63) is 54.5 Å². The van der Waals surface area contributed by atoms with E-state index in [-0.39, 0.29) is 0 Å². The summed E-state index contributed by atoms with van der Waals surface area (Å²) in [6.07, 6.45) is 3.17. The van der Waals surface area contributed by atoms with Gasteiger partial charge in [0, 0.05) is 11.9 Å². The van der Waals surface area contributed by atoms with E-state index in [4.69, 9.17) is 10.5 Å². The summed E-state index contributed by atoms with van der Waals surface area (Å²) in [5.74, 6) is 2.55. The van der Waals surface area contributed by atoms with Crippen LogP contribution < -0.4 is 21.1 Å². The molecule has 0 amide bonds. The second kappa shape index (κ2) is 7.48. The number of anilines is 5. The third-order valence-corrected chi connectivity index (χ3v) is 3.56. The number of ether oxygens (including phenoxy) is 1. The van der Waals surface area contributed by atoms with Gasteiger partial charge in [-0.3, -0.25) is 0 Å². The maximum atomic E-state index is 6.20. The Morgan fingerprint density at radius 2 is 1.68 bits per heavy atom. The third-order valence-electron chi connectivity index (χ3n) is 3.56. The van der Waals surface area contributed by atoms with Crippen molar-refractivity contribution in [3.8, 4) is 5.75 Å². The molecule has 7 nitrogen and oxygen atoms in total. The molecule has 128 valence electrons. The molecule has 0 bridgehead atoms. The Bertz CT molecular complexity index is 850. The Kier molecular flexibility index (Phi) is 4.94. The zero-order chi connectivity index (χ0) is 17.6. The van der Waals surface area contributed by atoms with E-state index >= 15 is 0 Å². The monoisotopic (exact) mass is 336 g/mol. The van der Waals surface area contributed by atoms with Crippen LogP contribution in [0.4, 0.5) is 28.8 Å². The third kappa shape index (κ3) is 3.95. The second-order valence-electron chi connectivity index (χ2n) is 5.36. The van der Waals surface area contributed by atoms with Crippen LogP contribution in [0.5, 0.6) is 5.75 Å². The normalized spacial score (nSPS) is 10.3. The van der Waals surface area contributed by atoms with Gasteiger partial charge >= 0.3 is 0 Å². The van der Waals surface area contributed by atoms with Crippen LogP contribution in [0.25, 0.3) is 0 Å². The number of pyridine rings is 1. The maximum Gasteiger partial charge on any atom is 0.160 e. The van der Waals surface area contributed by atoms with Crippen LogP contribution in [0.3, 0.4) is 0 Å². The first-order valence-electron chi connectivity index (χ1n) is 7.96. The van der Waals surface area contributed by atoms with Crippen molar-refractivity contribution in [2.75, 3.05) is 23.0 Å². The van der Waals surface area contributed by atoms with E-state index in [9.17, 15) is 0 Å². The lowest BCUT2D eigenvalue weighted by atomic mass is 10.3. The molecule has 25 heavy (non-hydrogen) atoms. The molecule has 3 aromatic rings. The van der Waals surface area contributed by atoms with Gasteiger partial charge in [-0.05, 0) is 49.7 Å². The van der Waals surface area contributed by atoms with Crippen molar-refractivity contribution in [3.63, 3.8) is 0 Å². The van der Waals surface area contributed by atoms with Gasteiger partial charge in [-0.1, -0.05) is 6.07 Å². The average molecular weight is 336 g/mol. The molecule has 0 unspecified atom stereocenters. The fourth-order valence-corrected chi connectivity index (χ4v) is 2.26. The van der Waals surface area contributed by atoms with Crippen molar-refractivity contribution in [2.45, 2.75) is 13.8 Å². The van der Waals surface area contributed by atoms with Crippen LogP contribution in [-0.4, -0.2) is 21.6 Å². The van der Waals surface area contributed by atoms with Gasteiger partial charge in [-0.2, -0.15) is 0 Å². The number of nitrogens with zero attached hydrogens (tertiary/aromatic N) is 3. The van der Waals surface area contributed by atoms with Gasteiger partial charge in [-0.25, -0.2) is 15.0 Å². The standard InChI is InChI=1S/C18H20N6O/c1-3-25-14-8-6-13(7-9-14)23-17-15(19)18(22-11-21-17)24-16-12(2)5-4-10-20-16/h4-11H,3,19H2,1-2H3,(H2,20,21,22,23,24). The highest BCUT2D eigenvalue weighted by atomic mass is 16.5. The van der Waals surface area contributed by atoms with Crippen molar-refractivity contribution in [1.29, 1.82) is 0 Å². The van der Waals surface area contributed by atoms with Crippen LogP contribution in [0.2, 0.25) is 0 Å². The first kappa shape index (κ1) is 16.5. The van der Waals surface area contributed by atoms with E-state index in [1.807, 2.05) is 50.2 Å². The zero-order valence-electron chi connectivity index (χ0n) is 14.2. The predicted molar refractivity (Wildman–Crippen MR) is 99.6 cm³/mol. The number of rotatable bonds is 6. The number of nitrogens with two attached hydrogens (primary N) is 1. The van der Waals surface area contributed by atoms with Gasteiger partial charge in [0.25, 0.3) is 0 Å². The topological polar surface area (TPSA) is 98.0 Å². The van der Waals surface area contributed by atoms with Crippen LogP contribution in [0.15, 0.2) is 48.9 Å². The molecule has 0 saturated heterocycles. The summed E-state index contributed by atoms with van der Waals surface area (Å²) in [5.41, 5.74) is 8.48. The molecule has 2 aromatic heterocycles. The molecule has 2 heterocycles. The van der Waals surface area contributed by atoms with Gasteiger partial charge in [-0.15, -0.1) is 0 Å². The smallest absolute Gasteiger partial charge is 0.160 e. The first-order chi connectivity index (χ1) is 12.2. The number of nitrogens with one attached hydrogen (secondary N) is 2. The van der Waals surface area contributed by atoms with Crippen molar-refractivity contribution >= 4 is 28.8 Å². The molecule has 0 fully saturated rings. The van der Waals surface area contributed by atoms with E-state index in [0.29, 0.717) is 29.7 Å². The minimum atomic E-state index is 0.418. The Labute approximate surface area is 146 Å². The summed E-state index contributed by atoms with van der Waals surface area (Å²) in [6.45, 7) is 4.55. The SMILES string of the molecule is CCOc1ccc(Nc2ncnc(Nc3ncccc3C)c2N)cc1. The number of nitrogen functional groups attached to an aromatic ring is 1. The van der Waals surface area contributed by atoms with Gasteiger partial charge < -0.3 is 21.1 Å². The molecule has 0 atom stereocenters. The Morgan fingerprint density at radius 3 is 2.36 bits per heavy atom. The fraction of sp³-hybridized carbons (Fsp3) is 0.167. The molecule has 3 rings (SSSR count). The molecule has 0 radical (unpaired) electrons. The van der Waals surface area contributed by atoms with Crippen molar-refractivity contribution in [2.24, 2.45) is 0 Å². The molecule has 0 aliphatic carbocycles. The lowest BCUT2D eigenvalue weighted by molar-refractivity contribution is 0.340. The largest absolute Gasteiger partial charge is 0.494 e. The molecule has 0 spiro atoms. The van der Waals surface area contributed by atoms with Crippen molar-refractivity contribution < 1.29 is 4.74 Å². The summed E-state index contributed by atoms with van der Waals surface area (Å²) in [6, 6.07) is 11.4. The van der Waals surface area contributed by atoms with E-state index < -0.39 is 0 Å². The van der Waals surface area contributed by atoms with Crippen LogP contribution >= 0.6 is 0 Å². The van der Waals surface area contributed by atoms with Gasteiger partial charge in [0.2, 0.25) is 0 Å². The van der Waals surface area contributed by atoms with E-state index in [2.05, 4.69) is 25.6 Å². The highest BCUT2D eigenvalue weighted by Gasteiger charge is 2.10. The molecule has 4 N–H and O–H groups in total. The summed E-state index contributed by atoms with van der Waals surface area (Å²) < 4.78 is 5.44. The Morgan fingerprint density at radius 1 is 0.960 bits per heavy atom. The number of benzene rings is 1. The van der Waals surface area contributed by atoms with E-state index in [1.54, 1.807) is 6.20 Å². The predicted octanol–water partition coefficient (Wildman–Crippen LogP) is 3.65. The fourth-order valence-electron chi connectivity index (χ4n) is 2.26. The summed E-state index contributed by atoms with van der Waals surface area (Å²) in [7, 11) is 0. The molecular weight excluding hydrogens is 316 g/mol. The minimum absolute atomic E-state index is 0.418. The zero-order valence-corrected chi connectivity index (χ0v) is 14.2. The summed E-state index contributed by atoms with van der Waals surface area (Å²) in [5, 5.41) is 6.34. The number of aromatic nitrogens is 3. The highest BCUT2D eigenvalue weighted by Crippen LogP contribution is 2.28. The molecule has 1 aromatic carbocycles. The molecule has 0 aliphatic rings. The molecular formula is C18H20N6O. The average Bonchev–Trinajstić information content (AvgIpc) is 2.62. The van der Waals surface area contributed by atoms with Crippen LogP contribution in [0.1, 0.15) is 12.5 Å². The highest BCUT2D eigenvalue weighted by molar-refractivity contribution is 5.80. The maximum absolute atomic E-state index is 6.20. The summed E-state index contributed by atoms with van der Waals surface area (Å²) >= 11 is 0. The second-order valence-corrected chi connectivity index (χ2v) is 5.36. The lowest BCUT2D eigenvalue weighted by Gasteiger charge is -2.13. The summed E-state index contributed by atoms with van der Waals surface area (Å²) in [4.78, 5) is 12.7. The quantitative estimate of drug-likeness (QED) is 0.632. The van der Waals surface area contributed by atoms with Gasteiger partial charge in [0.15, 0.2) is 11.6 Å². The Hall–Kier alpha value is -3.35. The van der Waals surface area contributed by atoms with Gasteiger partial charge in [0.05, 0.1) is 6.61 Å². The number of hydrogen-bond donors (Lipinski definition) is 3. The van der Waals surface area contributed by atoms with Crippen LogP contribution in [-0.2, 0) is 0 Å². The first-order valence-corrected chi connectivity index (χ1v) is 7.96. The van der Waals surface area contributed by atoms with Crippen molar-refractivity contribution in [1.82, 2.24) is 15.0 Å². The molecule has 7 heteroatoms. The minimum Gasteiger partial charge on any atom is -0.494 e.